The van der Waals surface area contributed by atoms with Crippen LogP contribution < -0.4 is 4.74 Å². The Labute approximate surface area is 116 Å². The molecule has 0 unspecified atom stereocenters. The van der Waals surface area contributed by atoms with E-state index in [-0.39, 0.29) is 5.92 Å². The molecule has 0 heterocycles. The van der Waals surface area contributed by atoms with Crippen molar-refractivity contribution in [3.05, 3.63) is 29.8 Å². The van der Waals surface area contributed by atoms with Crippen LogP contribution in [0.3, 0.4) is 0 Å². The van der Waals surface area contributed by atoms with Crippen LogP contribution in [0.2, 0.25) is 0 Å². The molecule has 1 fully saturated rings. The van der Waals surface area contributed by atoms with E-state index < -0.39 is 0 Å². The van der Waals surface area contributed by atoms with E-state index in [2.05, 4.69) is 13.8 Å². The second-order valence-electron chi connectivity index (χ2n) is 5.48. The number of hydrogen-bond acceptors (Lipinski definition) is 2. The summed E-state index contributed by atoms with van der Waals surface area (Å²) < 4.78 is 5.70. The molecule has 19 heavy (non-hydrogen) atoms. The van der Waals surface area contributed by atoms with E-state index >= 15 is 0 Å². The normalized spacial score (nSPS) is 14.7. The zero-order chi connectivity index (χ0) is 13.7. The van der Waals surface area contributed by atoms with Crippen molar-refractivity contribution in [1.82, 2.24) is 0 Å². The van der Waals surface area contributed by atoms with Gasteiger partial charge in [0.1, 0.15) is 5.75 Å². The van der Waals surface area contributed by atoms with Crippen LogP contribution in [0.1, 0.15) is 62.7 Å². The van der Waals surface area contributed by atoms with E-state index in [4.69, 9.17) is 4.74 Å². The fraction of sp³-hybridized carbons (Fsp3) is 0.588. The van der Waals surface area contributed by atoms with E-state index in [1.54, 1.807) is 0 Å². The standard InChI is InChI=1S/C17H24O2/c1-3-5-13(6-4-2)17(18)14-7-9-15(10-8-14)19-16-11-12-16/h7-10,13,16H,3-6,11-12H2,1-2H3. The highest BCUT2D eigenvalue weighted by Crippen LogP contribution is 2.27. The molecule has 2 heteroatoms. The summed E-state index contributed by atoms with van der Waals surface area (Å²) in [5.74, 6) is 1.37. The molecular weight excluding hydrogens is 236 g/mol. The second-order valence-corrected chi connectivity index (χ2v) is 5.48. The van der Waals surface area contributed by atoms with Crippen molar-refractivity contribution in [3.63, 3.8) is 0 Å². The number of ether oxygens (including phenoxy) is 1. The third kappa shape index (κ3) is 4.09. The van der Waals surface area contributed by atoms with Crippen LogP contribution in [0.4, 0.5) is 0 Å². The van der Waals surface area contributed by atoms with Gasteiger partial charge >= 0.3 is 0 Å². The van der Waals surface area contributed by atoms with Crippen molar-refractivity contribution in [1.29, 1.82) is 0 Å². The molecule has 0 N–H and O–H groups in total. The Hall–Kier alpha value is -1.31. The molecule has 0 bridgehead atoms. The molecule has 0 amide bonds. The molecule has 1 aromatic rings. The maximum Gasteiger partial charge on any atom is 0.165 e. The average molecular weight is 260 g/mol. The lowest BCUT2D eigenvalue weighted by molar-refractivity contribution is 0.0905. The highest BCUT2D eigenvalue weighted by atomic mass is 16.5. The van der Waals surface area contributed by atoms with Gasteiger partial charge in [-0.2, -0.15) is 0 Å². The minimum atomic E-state index is 0.185. The first kappa shape index (κ1) is 14.1. The van der Waals surface area contributed by atoms with Gasteiger partial charge in [-0.1, -0.05) is 26.7 Å². The monoisotopic (exact) mass is 260 g/mol. The van der Waals surface area contributed by atoms with Crippen molar-refractivity contribution in [3.8, 4) is 5.75 Å². The molecule has 0 saturated heterocycles. The molecule has 0 aliphatic heterocycles. The quantitative estimate of drug-likeness (QED) is 0.637. The maximum atomic E-state index is 12.4. The Morgan fingerprint density at radius 2 is 1.74 bits per heavy atom. The van der Waals surface area contributed by atoms with Crippen molar-refractivity contribution in [2.75, 3.05) is 0 Å². The fourth-order valence-electron chi connectivity index (χ4n) is 2.42. The van der Waals surface area contributed by atoms with Crippen LogP contribution in [0.5, 0.6) is 5.75 Å². The number of hydrogen-bond donors (Lipinski definition) is 0. The summed E-state index contributed by atoms with van der Waals surface area (Å²) >= 11 is 0. The van der Waals surface area contributed by atoms with Gasteiger partial charge in [0.25, 0.3) is 0 Å². The van der Waals surface area contributed by atoms with Gasteiger partial charge in [-0.25, -0.2) is 0 Å². The van der Waals surface area contributed by atoms with E-state index in [0.29, 0.717) is 11.9 Å². The van der Waals surface area contributed by atoms with Gasteiger partial charge in [0.05, 0.1) is 6.10 Å². The van der Waals surface area contributed by atoms with Gasteiger partial charge in [-0.3, -0.25) is 4.79 Å². The SMILES string of the molecule is CCCC(CCC)C(=O)c1ccc(OC2CC2)cc1. The number of Topliss-reactive ketones (excluding diaryl/α,β-unsaturated/α-hetero) is 1. The second kappa shape index (κ2) is 6.74. The number of carbonyl (C=O) groups is 1. The smallest absolute Gasteiger partial charge is 0.165 e. The Morgan fingerprint density at radius 1 is 1.16 bits per heavy atom. The van der Waals surface area contributed by atoms with Crippen LogP contribution in [-0.4, -0.2) is 11.9 Å². The lowest BCUT2D eigenvalue weighted by Gasteiger charge is -2.14. The van der Waals surface area contributed by atoms with Gasteiger partial charge in [-0.05, 0) is 49.9 Å². The minimum Gasteiger partial charge on any atom is -0.490 e. The van der Waals surface area contributed by atoms with Crippen molar-refractivity contribution >= 4 is 5.78 Å². The molecule has 2 rings (SSSR count). The fourth-order valence-corrected chi connectivity index (χ4v) is 2.42. The van der Waals surface area contributed by atoms with Crippen LogP contribution in [0, 0.1) is 5.92 Å². The summed E-state index contributed by atoms with van der Waals surface area (Å²) in [5, 5.41) is 0. The lowest BCUT2D eigenvalue weighted by atomic mass is 9.90. The first-order valence-electron chi connectivity index (χ1n) is 7.55. The van der Waals surface area contributed by atoms with Gasteiger partial charge in [-0.15, -0.1) is 0 Å². The number of rotatable bonds is 8. The predicted molar refractivity (Wildman–Crippen MR) is 77.7 cm³/mol. The highest BCUT2D eigenvalue weighted by Gasteiger charge is 2.23. The number of carbonyl (C=O) groups excluding carboxylic acids is 1. The van der Waals surface area contributed by atoms with Gasteiger partial charge in [0.15, 0.2) is 5.78 Å². The zero-order valence-corrected chi connectivity index (χ0v) is 12.0. The van der Waals surface area contributed by atoms with E-state index in [9.17, 15) is 4.79 Å². The summed E-state index contributed by atoms with van der Waals surface area (Å²) in [6.45, 7) is 4.28. The topological polar surface area (TPSA) is 26.3 Å². The number of ketones is 1. The minimum absolute atomic E-state index is 0.185. The molecule has 0 radical (unpaired) electrons. The Kier molecular flexibility index (Phi) is 5.00. The molecule has 0 aromatic heterocycles. The third-order valence-electron chi connectivity index (χ3n) is 3.61. The summed E-state index contributed by atoms with van der Waals surface area (Å²) in [6.07, 6.45) is 6.86. The van der Waals surface area contributed by atoms with Gasteiger partial charge in [0.2, 0.25) is 0 Å². The molecule has 0 atom stereocenters. The van der Waals surface area contributed by atoms with E-state index in [1.165, 1.54) is 0 Å². The molecule has 1 aliphatic rings. The molecular formula is C17H24O2. The van der Waals surface area contributed by atoms with E-state index in [1.807, 2.05) is 24.3 Å². The van der Waals surface area contributed by atoms with Crippen LogP contribution in [0.25, 0.3) is 0 Å². The predicted octanol–water partition coefficient (Wildman–Crippen LogP) is 4.63. The first-order valence-corrected chi connectivity index (χ1v) is 7.55. The summed E-state index contributed by atoms with van der Waals surface area (Å²) in [6, 6.07) is 7.69. The maximum absolute atomic E-state index is 12.4. The molecule has 1 aliphatic carbocycles. The lowest BCUT2D eigenvalue weighted by Crippen LogP contribution is -2.14. The molecule has 1 aromatic carbocycles. The average Bonchev–Trinajstić information content (AvgIpc) is 3.23. The van der Waals surface area contributed by atoms with Gasteiger partial charge in [0, 0.05) is 11.5 Å². The van der Waals surface area contributed by atoms with Crippen molar-refractivity contribution < 1.29 is 9.53 Å². The van der Waals surface area contributed by atoms with Crippen LogP contribution in [0.15, 0.2) is 24.3 Å². The summed E-state index contributed by atoms with van der Waals surface area (Å²) in [4.78, 5) is 12.4. The molecule has 0 spiro atoms. The Morgan fingerprint density at radius 3 is 2.21 bits per heavy atom. The molecule has 104 valence electrons. The Balaban J connectivity index is 1.99. The van der Waals surface area contributed by atoms with Gasteiger partial charge < -0.3 is 4.74 Å². The molecule has 1 saturated carbocycles. The number of benzene rings is 1. The largest absolute Gasteiger partial charge is 0.490 e. The third-order valence-corrected chi connectivity index (χ3v) is 3.61. The summed E-state index contributed by atoms with van der Waals surface area (Å²) in [7, 11) is 0. The van der Waals surface area contributed by atoms with Crippen molar-refractivity contribution in [2.45, 2.75) is 58.5 Å². The summed E-state index contributed by atoms with van der Waals surface area (Å²) in [5.41, 5.74) is 0.829. The first-order chi connectivity index (χ1) is 9.24. The van der Waals surface area contributed by atoms with E-state index in [0.717, 1.165) is 49.8 Å². The van der Waals surface area contributed by atoms with Crippen LogP contribution in [-0.2, 0) is 0 Å². The Bertz CT molecular complexity index is 398. The highest BCUT2D eigenvalue weighted by molar-refractivity contribution is 5.97. The zero-order valence-electron chi connectivity index (χ0n) is 12.0. The molecule has 2 nitrogen and oxygen atoms in total. The van der Waals surface area contributed by atoms with Crippen molar-refractivity contribution in [2.24, 2.45) is 5.92 Å². The van der Waals surface area contributed by atoms with Crippen LogP contribution >= 0.6 is 0 Å².